The highest BCUT2D eigenvalue weighted by Crippen LogP contribution is 2.47. The van der Waals surface area contributed by atoms with Gasteiger partial charge in [-0.05, 0) is 18.9 Å². The van der Waals surface area contributed by atoms with Crippen LogP contribution >= 0.6 is 0 Å². The number of carbonyl (C=O) groups excluding carboxylic acids is 1. The lowest BCUT2D eigenvalue weighted by molar-refractivity contribution is -0.192. The average Bonchev–Trinajstić information content (AvgIpc) is 3.01. The Hall–Kier alpha value is -2.80. The minimum atomic E-state index is -5.08. The Morgan fingerprint density at radius 2 is 2.04 bits per heavy atom. The lowest BCUT2D eigenvalue weighted by Gasteiger charge is -2.38. The normalized spacial score (nSPS) is 26.1. The van der Waals surface area contributed by atoms with Crippen LogP contribution in [0, 0.1) is 16.7 Å². The van der Waals surface area contributed by atoms with E-state index >= 15 is 0 Å². The summed E-state index contributed by atoms with van der Waals surface area (Å²) in [6.45, 7) is 4.29. The number of rotatable bonds is 1. The molecule has 2 heterocycles. The second-order valence-electron chi connectivity index (χ2n) is 7.27. The van der Waals surface area contributed by atoms with Gasteiger partial charge < -0.3 is 9.84 Å². The van der Waals surface area contributed by atoms with Crippen molar-refractivity contribution >= 4 is 11.8 Å². The number of halogens is 3. The van der Waals surface area contributed by atoms with Gasteiger partial charge in [0.05, 0.1) is 23.5 Å². The number of hydrogen-bond acceptors (Lipinski definition) is 6. The maximum atomic E-state index is 12.2. The fourth-order valence-electron chi connectivity index (χ4n) is 3.39. The van der Waals surface area contributed by atoms with Crippen molar-refractivity contribution < 1.29 is 32.6 Å². The van der Waals surface area contributed by atoms with Gasteiger partial charge in [-0.3, -0.25) is 14.8 Å². The Morgan fingerprint density at radius 1 is 1.39 bits per heavy atom. The summed E-state index contributed by atoms with van der Waals surface area (Å²) in [4.78, 5) is 29.5. The van der Waals surface area contributed by atoms with Crippen molar-refractivity contribution in [1.29, 1.82) is 5.26 Å². The smallest absolute Gasteiger partial charge is 0.475 e. The van der Waals surface area contributed by atoms with Crippen LogP contribution in [-0.4, -0.2) is 45.2 Å². The van der Waals surface area contributed by atoms with Crippen molar-refractivity contribution in [2.75, 3.05) is 6.61 Å². The standard InChI is InChI=1S/C16H17N3O2.C2HF3O2/c1-15(2)10-16(5-11(7-17)14(15)20)6-12(9-21-16)13-8-18-3-4-19-13;3-2(4,5)1(6)7/h3-5,8,12H,6,9-10H2,1-2H3;(H,6,7). The quantitative estimate of drug-likeness (QED) is 0.775. The molecular formula is C18H18F3N3O4. The highest BCUT2D eigenvalue weighted by Gasteiger charge is 2.50. The van der Waals surface area contributed by atoms with E-state index in [1.165, 1.54) is 0 Å². The number of carbonyl (C=O) groups is 2. The average molecular weight is 397 g/mol. The summed E-state index contributed by atoms with van der Waals surface area (Å²) < 4.78 is 37.8. The Kier molecular flexibility index (Phi) is 5.89. The second kappa shape index (κ2) is 7.67. The van der Waals surface area contributed by atoms with Crippen molar-refractivity contribution in [2.45, 2.75) is 44.4 Å². The van der Waals surface area contributed by atoms with Crippen molar-refractivity contribution in [3.8, 4) is 6.07 Å². The number of allylic oxidation sites excluding steroid dienone is 1. The van der Waals surface area contributed by atoms with Crippen LogP contribution in [0.1, 0.15) is 38.3 Å². The number of aliphatic carboxylic acids is 1. The first-order valence-corrected chi connectivity index (χ1v) is 8.28. The Labute approximate surface area is 158 Å². The molecule has 0 aromatic carbocycles. The van der Waals surface area contributed by atoms with Gasteiger partial charge in [0.2, 0.25) is 0 Å². The van der Waals surface area contributed by atoms with Gasteiger partial charge in [-0.15, -0.1) is 0 Å². The third kappa shape index (κ3) is 4.72. The minimum Gasteiger partial charge on any atom is -0.475 e. The summed E-state index contributed by atoms with van der Waals surface area (Å²) in [7, 11) is 0. The van der Waals surface area contributed by atoms with Crippen LogP contribution < -0.4 is 0 Å². The predicted molar refractivity (Wildman–Crippen MR) is 88.9 cm³/mol. The van der Waals surface area contributed by atoms with Crippen LogP contribution in [0.15, 0.2) is 30.2 Å². The van der Waals surface area contributed by atoms with Gasteiger partial charge >= 0.3 is 12.1 Å². The zero-order valence-electron chi connectivity index (χ0n) is 15.2. The largest absolute Gasteiger partial charge is 0.490 e. The third-order valence-corrected chi connectivity index (χ3v) is 4.54. The molecule has 1 fully saturated rings. The molecule has 1 saturated heterocycles. The van der Waals surface area contributed by atoms with E-state index in [1.54, 1.807) is 24.7 Å². The van der Waals surface area contributed by atoms with E-state index in [1.807, 2.05) is 19.9 Å². The van der Waals surface area contributed by atoms with E-state index in [2.05, 4.69) is 9.97 Å². The minimum absolute atomic E-state index is 0.0952. The van der Waals surface area contributed by atoms with E-state index in [4.69, 9.17) is 14.6 Å². The van der Waals surface area contributed by atoms with Crippen LogP contribution in [-0.2, 0) is 14.3 Å². The Bertz CT molecular complexity index is 831. The van der Waals surface area contributed by atoms with Crippen molar-refractivity contribution in [1.82, 2.24) is 9.97 Å². The summed E-state index contributed by atoms with van der Waals surface area (Å²) >= 11 is 0. The molecule has 3 rings (SSSR count). The maximum Gasteiger partial charge on any atom is 0.490 e. The molecule has 1 N–H and O–H groups in total. The molecular weight excluding hydrogens is 379 g/mol. The number of carboxylic acids is 1. The van der Waals surface area contributed by atoms with Crippen LogP contribution in [0.2, 0.25) is 0 Å². The molecule has 2 atom stereocenters. The number of hydrogen-bond donors (Lipinski definition) is 1. The fraction of sp³-hybridized carbons (Fsp3) is 0.500. The summed E-state index contributed by atoms with van der Waals surface area (Å²) in [6.07, 6.45) is 3.03. The fourth-order valence-corrected chi connectivity index (χ4v) is 3.39. The van der Waals surface area contributed by atoms with E-state index in [9.17, 15) is 23.2 Å². The maximum absolute atomic E-state index is 12.2. The number of ketones is 1. The van der Waals surface area contributed by atoms with E-state index < -0.39 is 23.2 Å². The number of aromatic nitrogens is 2. The van der Waals surface area contributed by atoms with Crippen molar-refractivity contribution in [3.05, 3.63) is 35.9 Å². The molecule has 1 aromatic heterocycles. The number of nitrogens with zero attached hydrogens (tertiary/aromatic N) is 3. The van der Waals surface area contributed by atoms with Gasteiger partial charge in [0.1, 0.15) is 6.07 Å². The lowest BCUT2D eigenvalue weighted by atomic mass is 9.68. The summed E-state index contributed by atoms with van der Waals surface area (Å²) in [5.74, 6) is -2.70. The molecule has 0 radical (unpaired) electrons. The molecule has 2 unspecified atom stereocenters. The van der Waals surface area contributed by atoms with E-state index in [0.29, 0.717) is 13.0 Å². The molecule has 10 heteroatoms. The number of Topliss-reactive ketones (excluding diaryl/α,β-unsaturated/α-hetero) is 1. The predicted octanol–water partition coefficient (Wildman–Crippen LogP) is 2.80. The summed E-state index contributed by atoms with van der Waals surface area (Å²) in [5, 5.41) is 16.3. The molecule has 1 aliphatic heterocycles. The van der Waals surface area contributed by atoms with Gasteiger partial charge in [0.25, 0.3) is 0 Å². The molecule has 7 nitrogen and oxygen atoms in total. The summed E-state index contributed by atoms with van der Waals surface area (Å²) in [5.41, 5.74) is 0.00360. The number of ether oxygens (including phenoxy) is 1. The highest BCUT2D eigenvalue weighted by atomic mass is 19.4. The zero-order valence-corrected chi connectivity index (χ0v) is 15.2. The molecule has 1 aliphatic carbocycles. The van der Waals surface area contributed by atoms with Crippen molar-refractivity contribution in [2.24, 2.45) is 5.41 Å². The number of carboxylic acid groups (broad SMARTS) is 1. The van der Waals surface area contributed by atoms with E-state index in [0.717, 1.165) is 12.1 Å². The molecule has 1 spiro atoms. The lowest BCUT2D eigenvalue weighted by Crippen LogP contribution is -2.42. The molecule has 1 aromatic rings. The molecule has 0 saturated carbocycles. The molecule has 0 bridgehead atoms. The van der Waals surface area contributed by atoms with Gasteiger partial charge in [-0.1, -0.05) is 13.8 Å². The number of nitriles is 1. The van der Waals surface area contributed by atoms with Crippen LogP contribution in [0.25, 0.3) is 0 Å². The van der Waals surface area contributed by atoms with Gasteiger partial charge in [0.15, 0.2) is 5.78 Å². The number of alkyl halides is 3. The first-order chi connectivity index (χ1) is 12.9. The first-order valence-electron chi connectivity index (χ1n) is 8.28. The molecule has 2 aliphatic rings. The van der Waals surface area contributed by atoms with Crippen LogP contribution in [0.5, 0.6) is 0 Å². The van der Waals surface area contributed by atoms with Gasteiger partial charge in [0, 0.05) is 29.9 Å². The Morgan fingerprint density at radius 3 is 2.54 bits per heavy atom. The van der Waals surface area contributed by atoms with Crippen molar-refractivity contribution in [3.63, 3.8) is 0 Å². The first kappa shape index (κ1) is 21.5. The highest BCUT2D eigenvalue weighted by molar-refractivity contribution is 6.03. The van der Waals surface area contributed by atoms with Crippen LogP contribution in [0.3, 0.4) is 0 Å². The monoisotopic (exact) mass is 397 g/mol. The SMILES string of the molecule is CC1(C)CC2(C=C(C#N)C1=O)CC(c1cnccn1)CO2.O=C(O)C(F)(F)F. The van der Waals surface area contributed by atoms with Gasteiger partial charge in [-0.2, -0.15) is 18.4 Å². The topological polar surface area (TPSA) is 113 Å². The van der Waals surface area contributed by atoms with Gasteiger partial charge in [-0.25, -0.2) is 4.79 Å². The van der Waals surface area contributed by atoms with E-state index in [-0.39, 0.29) is 17.3 Å². The zero-order chi connectivity index (χ0) is 21.2. The third-order valence-electron chi connectivity index (χ3n) is 4.54. The second-order valence-corrected chi connectivity index (χ2v) is 7.27. The molecule has 28 heavy (non-hydrogen) atoms. The Balaban J connectivity index is 0.000000345. The van der Waals surface area contributed by atoms with Crippen LogP contribution in [0.4, 0.5) is 13.2 Å². The molecule has 150 valence electrons. The summed E-state index contributed by atoms with van der Waals surface area (Å²) in [6, 6.07) is 2.02. The molecule has 0 amide bonds.